The zero-order chi connectivity index (χ0) is 14.1. The molecule has 0 atom stereocenters. The molecule has 0 unspecified atom stereocenters. The van der Waals surface area contributed by atoms with Gasteiger partial charge in [-0.25, -0.2) is 4.98 Å². The van der Waals surface area contributed by atoms with E-state index in [9.17, 15) is 0 Å². The molecular weight excluding hydrogens is 385 g/mol. The third-order valence-electron chi connectivity index (χ3n) is 2.97. The molecule has 2 aromatic carbocycles. The molecule has 3 aromatic rings. The summed E-state index contributed by atoms with van der Waals surface area (Å²) < 4.78 is 13.0. The zero-order valence-electron chi connectivity index (χ0n) is 11.0. The molecular formula is C15H12INO2S. The van der Waals surface area contributed by atoms with E-state index in [-0.39, 0.29) is 0 Å². The Balaban J connectivity index is 2.16. The summed E-state index contributed by atoms with van der Waals surface area (Å²) >= 11 is 3.93. The maximum Gasteiger partial charge on any atom is 0.174 e. The quantitative estimate of drug-likeness (QED) is 0.606. The third-order valence-corrected chi connectivity index (χ3v) is 4.86. The third kappa shape index (κ3) is 2.35. The van der Waals surface area contributed by atoms with Crippen molar-refractivity contribution in [1.29, 1.82) is 0 Å². The lowest BCUT2D eigenvalue weighted by Crippen LogP contribution is -1.94. The zero-order valence-corrected chi connectivity index (χ0v) is 14.0. The van der Waals surface area contributed by atoms with Crippen molar-refractivity contribution in [2.45, 2.75) is 0 Å². The summed E-state index contributed by atoms with van der Waals surface area (Å²) in [4.78, 5) is 4.67. The van der Waals surface area contributed by atoms with Gasteiger partial charge in [0.15, 0.2) is 11.5 Å². The first-order chi connectivity index (χ1) is 9.72. The van der Waals surface area contributed by atoms with Crippen LogP contribution in [0.25, 0.3) is 20.8 Å². The number of nitrogens with zero attached hydrogens (tertiary/aromatic N) is 1. The van der Waals surface area contributed by atoms with E-state index in [1.165, 1.54) is 4.70 Å². The van der Waals surface area contributed by atoms with E-state index >= 15 is 0 Å². The Bertz CT molecular complexity index is 737. The highest BCUT2D eigenvalue weighted by molar-refractivity contribution is 14.1. The highest BCUT2D eigenvalue weighted by Gasteiger charge is 2.14. The van der Waals surface area contributed by atoms with Crippen LogP contribution < -0.4 is 9.47 Å². The lowest BCUT2D eigenvalue weighted by molar-refractivity contribution is 0.353. The normalized spacial score (nSPS) is 10.8. The van der Waals surface area contributed by atoms with Crippen molar-refractivity contribution in [3.05, 3.63) is 40.0 Å². The molecule has 102 valence electrons. The number of thiazole rings is 1. The van der Waals surface area contributed by atoms with Gasteiger partial charge in [0, 0.05) is 5.56 Å². The first kappa shape index (κ1) is 13.6. The Labute approximate surface area is 134 Å². The summed E-state index contributed by atoms with van der Waals surface area (Å²) in [5.74, 6) is 1.49. The molecule has 0 saturated heterocycles. The fraction of sp³-hybridized carbons (Fsp3) is 0.133. The highest BCUT2D eigenvalue weighted by Crippen LogP contribution is 2.39. The topological polar surface area (TPSA) is 31.4 Å². The molecule has 1 aromatic heterocycles. The largest absolute Gasteiger partial charge is 0.493 e. The molecule has 0 amide bonds. The summed E-state index contributed by atoms with van der Waals surface area (Å²) in [7, 11) is 3.30. The lowest BCUT2D eigenvalue weighted by Gasteiger charge is -2.10. The molecule has 1 heterocycles. The maximum absolute atomic E-state index is 5.40. The fourth-order valence-corrected chi connectivity index (χ4v) is 3.81. The number of halogens is 1. The Morgan fingerprint density at radius 3 is 2.60 bits per heavy atom. The van der Waals surface area contributed by atoms with E-state index < -0.39 is 0 Å². The average Bonchev–Trinajstić information content (AvgIpc) is 2.90. The van der Waals surface area contributed by atoms with Gasteiger partial charge in [0.25, 0.3) is 0 Å². The van der Waals surface area contributed by atoms with Crippen LogP contribution in [0.4, 0.5) is 0 Å². The van der Waals surface area contributed by atoms with Crippen molar-refractivity contribution in [3.8, 4) is 22.1 Å². The van der Waals surface area contributed by atoms with Crippen LogP contribution in [0.15, 0.2) is 36.4 Å². The Hall–Kier alpha value is -1.34. The van der Waals surface area contributed by atoms with Crippen molar-refractivity contribution in [2.75, 3.05) is 14.2 Å². The summed E-state index contributed by atoms with van der Waals surface area (Å²) in [5.41, 5.74) is 2.07. The second kappa shape index (κ2) is 5.57. The van der Waals surface area contributed by atoms with Gasteiger partial charge in [0.05, 0.1) is 28.0 Å². The van der Waals surface area contributed by atoms with Crippen LogP contribution in [0.1, 0.15) is 0 Å². The van der Waals surface area contributed by atoms with Gasteiger partial charge in [0.1, 0.15) is 5.01 Å². The van der Waals surface area contributed by atoms with Gasteiger partial charge < -0.3 is 9.47 Å². The maximum atomic E-state index is 5.40. The number of hydrogen-bond acceptors (Lipinski definition) is 4. The van der Waals surface area contributed by atoms with Crippen LogP contribution in [0.2, 0.25) is 0 Å². The fourth-order valence-electron chi connectivity index (χ4n) is 2.04. The monoisotopic (exact) mass is 397 g/mol. The minimum absolute atomic E-state index is 0.730. The predicted molar refractivity (Wildman–Crippen MR) is 90.9 cm³/mol. The van der Waals surface area contributed by atoms with Crippen LogP contribution >= 0.6 is 33.9 Å². The van der Waals surface area contributed by atoms with E-state index in [1.807, 2.05) is 24.3 Å². The van der Waals surface area contributed by atoms with Crippen molar-refractivity contribution >= 4 is 44.1 Å². The number of benzene rings is 2. The van der Waals surface area contributed by atoms with Gasteiger partial charge in [-0.1, -0.05) is 12.1 Å². The van der Waals surface area contributed by atoms with E-state index in [0.717, 1.165) is 31.2 Å². The number of aromatic nitrogens is 1. The Morgan fingerprint density at radius 2 is 1.90 bits per heavy atom. The number of para-hydroxylation sites is 1. The van der Waals surface area contributed by atoms with E-state index in [1.54, 1.807) is 25.6 Å². The smallest absolute Gasteiger partial charge is 0.174 e. The lowest BCUT2D eigenvalue weighted by atomic mass is 10.2. The summed E-state index contributed by atoms with van der Waals surface area (Å²) in [6.45, 7) is 0. The van der Waals surface area contributed by atoms with Crippen molar-refractivity contribution in [1.82, 2.24) is 4.98 Å². The van der Waals surface area contributed by atoms with Crippen LogP contribution in [0.5, 0.6) is 11.5 Å². The molecule has 5 heteroatoms. The molecule has 0 N–H and O–H groups in total. The van der Waals surface area contributed by atoms with Gasteiger partial charge in [-0.15, -0.1) is 11.3 Å². The van der Waals surface area contributed by atoms with Gasteiger partial charge in [0.2, 0.25) is 0 Å². The molecule has 0 radical (unpaired) electrons. The number of fused-ring (bicyclic) bond motifs is 1. The van der Waals surface area contributed by atoms with E-state index in [4.69, 9.17) is 9.47 Å². The minimum atomic E-state index is 0.730. The van der Waals surface area contributed by atoms with Crippen molar-refractivity contribution in [3.63, 3.8) is 0 Å². The second-order valence-corrected chi connectivity index (χ2v) is 6.37. The molecule has 0 fully saturated rings. The molecule has 20 heavy (non-hydrogen) atoms. The van der Waals surface area contributed by atoms with Gasteiger partial charge in [-0.2, -0.15) is 0 Å². The number of ether oxygens (including phenoxy) is 2. The first-order valence-corrected chi connectivity index (χ1v) is 7.90. The van der Waals surface area contributed by atoms with Gasteiger partial charge in [-0.3, -0.25) is 0 Å². The predicted octanol–water partition coefficient (Wildman–Crippen LogP) is 4.59. The molecule has 3 rings (SSSR count). The van der Waals surface area contributed by atoms with Crippen LogP contribution in [-0.4, -0.2) is 19.2 Å². The highest BCUT2D eigenvalue weighted by atomic mass is 127. The molecule has 0 aliphatic rings. The van der Waals surface area contributed by atoms with Gasteiger partial charge in [-0.05, 0) is 46.9 Å². The number of rotatable bonds is 3. The van der Waals surface area contributed by atoms with E-state index in [2.05, 4.69) is 39.7 Å². The summed E-state index contributed by atoms with van der Waals surface area (Å²) in [6.07, 6.45) is 0. The molecule has 3 nitrogen and oxygen atoms in total. The van der Waals surface area contributed by atoms with Crippen LogP contribution in [0.3, 0.4) is 0 Å². The van der Waals surface area contributed by atoms with Crippen molar-refractivity contribution < 1.29 is 9.47 Å². The van der Waals surface area contributed by atoms with Gasteiger partial charge >= 0.3 is 0 Å². The first-order valence-electron chi connectivity index (χ1n) is 6.00. The van der Waals surface area contributed by atoms with E-state index in [0.29, 0.717) is 0 Å². The summed E-state index contributed by atoms with van der Waals surface area (Å²) in [6, 6.07) is 12.2. The average molecular weight is 397 g/mol. The van der Waals surface area contributed by atoms with Crippen LogP contribution in [0, 0.1) is 3.57 Å². The molecule has 0 aliphatic carbocycles. The Kier molecular flexibility index (Phi) is 3.80. The standard InChI is InChI=1S/C15H12INO2S/c1-18-12-8-9(7-10(16)14(12)19-2)15-17-11-5-3-4-6-13(11)20-15/h3-8H,1-2H3. The summed E-state index contributed by atoms with van der Waals surface area (Å²) in [5, 5.41) is 0.991. The van der Waals surface area contributed by atoms with Crippen LogP contribution in [-0.2, 0) is 0 Å². The minimum Gasteiger partial charge on any atom is -0.493 e. The SMILES string of the molecule is COc1cc(-c2nc3ccccc3s2)cc(I)c1OC. The van der Waals surface area contributed by atoms with Crippen molar-refractivity contribution in [2.24, 2.45) is 0 Å². The number of hydrogen-bond donors (Lipinski definition) is 0. The molecule has 0 saturated carbocycles. The molecule has 0 bridgehead atoms. The molecule has 0 spiro atoms. The molecule has 0 aliphatic heterocycles. The number of methoxy groups -OCH3 is 2. The Morgan fingerprint density at radius 1 is 1.10 bits per heavy atom. The second-order valence-electron chi connectivity index (χ2n) is 4.18.